The van der Waals surface area contributed by atoms with E-state index in [4.69, 9.17) is 0 Å². The lowest BCUT2D eigenvalue weighted by Gasteiger charge is -2.39. The third kappa shape index (κ3) is 3.21. The maximum absolute atomic E-state index is 14.0. The lowest BCUT2D eigenvalue weighted by Crippen LogP contribution is -2.50. The van der Waals surface area contributed by atoms with Crippen molar-refractivity contribution in [1.29, 1.82) is 0 Å². The molecule has 0 bridgehead atoms. The maximum Gasteiger partial charge on any atom is 0.186 e. The number of aryl methyl sites for hydroxylation is 1. The fourth-order valence-corrected chi connectivity index (χ4v) is 2.59. The van der Waals surface area contributed by atoms with Gasteiger partial charge >= 0.3 is 0 Å². The SMILES string of the molecule is CCc1ncnc(NCC2NCCCC2(C)C)c1F. The van der Waals surface area contributed by atoms with Gasteiger partial charge in [-0.2, -0.15) is 0 Å². The summed E-state index contributed by atoms with van der Waals surface area (Å²) in [6.45, 7) is 8.10. The zero-order chi connectivity index (χ0) is 13.9. The highest BCUT2D eigenvalue weighted by atomic mass is 19.1. The summed E-state index contributed by atoms with van der Waals surface area (Å²) >= 11 is 0. The summed E-state index contributed by atoms with van der Waals surface area (Å²) in [7, 11) is 0. The van der Waals surface area contributed by atoms with Crippen molar-refractivity contribution in [2.24, 2.45) is 5.41 Å². The van der Waals surface area contributed by atoms with E-state index in [0.29, 0.717) is 30.5 Å². The van der Waals surface area contributed by atoms with Gasteiger partial charge in [0, 0.05) is 12.6 Å². The molecule has 0 aromatic carbocycles. The van der Waals surface area contributed by atoms with Crippen LogP contribution in [0.3, 0.4) is 0 Å². The molecular weight excluding hydrogens is 243 g/mol. The number of nitrogens with zero attached hydrogens (tertiary/aromatic N) is 2. The van der Waals surface area contributed by atoms with E-state index in [1.54, 1.807) is 0 Å². The molecule has 0 spiro atoms. The minimum Gasteiger partial charge on any atom is -0.366 e. The molecule has 1 aliphatic rings. The summed E-state index contributed by atoms with van der Waals surface area (Å²) in [4.78, 5) is 7.93. The lowest BCUT2D eigenvalue weighted by molar-refractivity contribution is 0.188. The first-order valence-corrected chi connectivity index (χ1v) is 7.01. The molecule has 1 unspecified atom stereocenters. The third-order valence-corrected chi connectivity index (χ3v) is 4.00. The molecule has 2 heterocycles. The van der Waals surface area contributed by atoms with E-state index in [1.807, 2.05) is 6.92 Å². The number of hydrogen-bond acceptors (Lipinski definition) is 4. The number of rotatable bonds is 4. The number of halogens is 1. The molecular formula is C14H23FN4. The Hall–Kier alpha value is -1.23. The molecule has 0 radical (unpaired) electrons. The standard InChI is InChI=1S/C14H23FN4/c1-4-10-12(15)13(19-9-18-10)17-8-11-14(2,3)6-5-7-16-11/h9,11,16H,4-8H2,1-3H3,(H,17,18,19). The lowest BCUT2D eigenvalue weighted by atomic mass is 9.77. The van der Waals surface area contributed by atoms with E-state index in [9.17, 15) is 4.39 Å². The molecule has 19 heavy (non-hydrogen) atoms. The van der Waals surface area contributed by atoms with Gasteiger partial charge in [-0.3, -0.25) is 0 Å². The van der Waals surface area contributed by atoms with Crippen molar-refractivity contribution in [3.63, 3.8) is 0 Å². The summed E-state index contributed by atoms with van der Waals surface area (Å²) in [6.07, 6.45) is 4.39. The summed E-state index contributed by atoms with van der Waals surface area (Å²) in [5.74, 6) is -0.00589. The molecule has 1 atom stereocenters. The summed E-state index contributed by atoms with van der Waals surface area (Å²) in [5, 5.41) is 6.62. The van der Waals surface area contributed by atoms with Crippen LogP contribution in [-0.2, 0) is 6.42 Å². The van der Waals surface area contributed by atoms with E-state index < -0.39 is 0 Å². The van der Waals surface area contributed by atoms with Crippen molar-refractivity contribution in [2.75, 3.05) is 18.4 Å². The maximum atomic E-state index is 14.0. The van der Waals surface area contributed by atoms with Crippen molar-refractivity contribution in [1.82, 2.24) is 15.3 Å². The molecule has 1 fully saturated rings. The van der Waals surface area contributed by atoms with Crippen molar-refractivity contribution in [3.05, 3.63) is 17.8 Å². The Kier molecular flexibility index (Phi) is 4.34. The molecule has 4 nitrogen and oxygen atoms in total. The Bertz CT molecular complexity index is 433. The van der Waals surface area contributed by atoms with E-state index in [0.717, 1.165) is 6.54 Å². The van der Waals surface area contributed by atoms with Crippen LogP contribution in [0.1, 0.15) is 39.3 Å². The van der Waals surface area contributed by atoms with Crippen LogP contribution in [0.5, 0.6) is 0 Å². The number of nitrogens with one attached hydrogen (secondary N) is 2. The smallest absolute Gasteiger partial charge is 0.186 e. The first-order valence-electron chi connectivity index (χ1n) is 7.01. The van der Waals surface area contributed by atoms with E-state index in [-0.39, 0.29) is 11.2 Å². The largest absolute Gasteiger partial charge is 0.366 e. The zero-order valence-corrected chi connectivity index (χ0v) is 12.0. The van der Waals surface area contributed by atoms with Crippen molar-refractivity contribution in [2.45, 2.75) is 46.1 Å². The second-order valence-corrected chi connectivity index (χ2v) is 5.82. The summed E-state index contributed by atoms with van der Waals surface area (Å²) in [5.41, 5.74) is 0.691. The monoisotopic (exact) mass is 266 g/mol. The van der Waals surface area contributed by atoms with Crippen LogP contribution >= 0.6 is 0 Å². The molecule has 1 aromatic heterocycles. The first-order chi connectivity index (χ1) is 9.04. The van der Waals surface area contributed by atoms with Crippen LogP contribution in [0.25, 0.3) is 0 Å². The minimum atomic E-state index is -0.321. The average Bonchev–Trinajstić information content (AvgIpc) is 2.38. The number of anilines is 1. The molecule has 1 aliphatic heterocycles. The molecule has 2 N–H and O–H groups in total. The van der Waals surface area contributed by atoms with E-state index in [2.05, 4.69) is 34.4 Å². The highest BCUT2D eigenvalue weighted by Crippen LogP contribution is 2.30. The molecule has 2 rings (SSSR count). The van der Waals surface area contributed by atoms with Crippen molar-refractivity contribution in [3.8, 4) is 0 Å². The topological polar surface area (TPSA) is 49.8 Å². The van der Waals surface area contributed by atoms with Crippen molar-refractivity contribution < 1.29 is 4.39 Å². The van der Waals surface area contributed by atoms with Crippen LogP contribution in [0.2, 0.25) is 0 Å². The molecule has 1 saturated heterocycles. The molecule has 1 aromatic rings. The average molecular weight is 266 g/mol. The second kappa shape index (κ2) is 5.82. The van der Waals surface area contributed by atoms with Gasteiger partial charge in [-0.25, -0.2) is 14.4 Å². The van der Waals surface area contributed by atoms with Gasteiger partial charge in [0.05, 0.1) is 5.69 Å². The predicted octanol–water partition coefficient (Wildman–Crippen LogP) is 2.37. The summed E-state index contributed by atoms with van der Waals surface area (Å²) in [6, 6.07) is 0.334. The number of aromatic nitrogens is 2. The quantitative estimate of drug-likeness (QED) is 0.878. The van der Waals surface area contributed by atoms with Crippen LogP contribution < -0.4 is 10.6 Å². The predicted molar refractivity (Wildman–Crippen MR) is 74.7 cm³/mol. The van der Waals surface area contributed by atoms with Crippen molar-refractivity contribution >= 4 is 5.82 Å². The van der Waals surface area contributed by atoms with Crippen LogP contribution in [-0.4, -0.2) is 29.1 Å². The minimum absolute atomic E-state index is 0.225. The Morgan fingerprint density at radius 3 is 2.95 bits per heavy atom. The zero-order valence-electron chi connectivity index (χ0n) is 12.0. The Labute approximate surface area is 114 Å². The highest BCUT2D eigenvalue weighted by Gasteiger charge is 2.31. The van der Waals surface area contributed by atoms with E-state index in [1.165, 1.54) is 19.2 Å². The van der Waals surface area contributed by atoms with Crippen LogP contribution in [0.15, 0.2) is 6.33 Å². The van der Waals surface area contributed by atoms with Gasteiger partial charge in [0.15, 0.2) is 11.6 Å². The Morgan fingerprint density at radius 1 is 1.47 bits per heavy atom. The van der Waals surface area contributed by atoms with Gasteiger partial charge in [0.2, 0.25) is 0 Å². The van der Waals surface area contributed by atoms with Crippen LogP contribution in [0, 0.1) is 11.2 Å². The van der Waals surface area contributed by atoms with Gasteiger partial charge in [0.25, 0.3) is 0 Å². The Morgan fingerprint density at radius 2 is 2.26 bits per heavy atom. The molecule has 5 heteroatoms. The van der Waals surface area contributed by atoms with Gasteiger partial charge in [-0.15, -0.1) is 0 Å². The summed E-state index contributed by atoms with van der Waals surface area (Å²) < 4.78 is 14.0. The highest BCUT2D eigenvalue weighted by molar-refractivity contribution is 5.37. The van der Waals surface area contributed by atoms with Gasteiger partial charge in [-0.05, 0) is 31.2 Å². The first kappa shape index (κ1) is 14.2. The van der Waals surface area contributed by atoms with E-state index >= 15 is 0 Å². The Balaban J connectivity index is 2.02. The second-order valence-electron chi connectivity index (χ2n) is 5.82. The number of piperidine rings is 1. The third-order valence-electron chi connectivity index (χ3n) is 4.00. The molecule has 0 saturated carbocycles. The van der Waals surface area contributed by atoms with Gasteiger partial charge in [0.1, 0.15) is 6.33 Å². The van der Waals surface area contributed by atoms with Crippen LogP contribution in [0.4, 0.5) is 10.2 Å². The number of hydrogen-bond donors (Lipinski definition) is 2. The molecule has 0 amide bonds. The fraction of sp³-hybridized carbons (Fsp3) is 0.714. The molecule has 106 valence electrons. The normalized spacial score (nSPS) is 22.2. The fourth-order valence-electron chi connectivity index (χ4n) is 2.59. The molecule has 0 aliphatic carbocycles. The van der Waals surface area contributed by atoms with Gasteiger partial charge in [-0.1, -0.05) is 20.8 Å². The van der Waals surface area contributed by atoms with Gasteiger partial charge < -0.3 is 10.6 Å².